The third-order valence-electron chi connectivity index (χ3n) is 4.59. The van der Waals surface area contributed by atoms with E-state index in [4.69, 9.17) is 0 Å². The van der Waals surface area contributed by atoms with Crippen LogP contribution in [0.4, 0.5) is 11.4 Å². The number of carbonyl (C=O) groups excluding carboxylic acids is 2. The van der Waals surface area contributed by atoms with Gasteiger partial charge >= 0.3 is 0 Å². The summed E-state index contributed by atoms with van der Waals surface area (Å²) in [6.07, 6.45) is 0. The number of nitrogens with zero attached hydrogens (tertiary/aromatic N) is 2. The van der Waals surface area contributed by atoms with Crippen molar-refractivity contribution in [3.63, 3.8) is 0 Å². The van der Waals surface area contributed by atoms with Crippen molar-refractivity contribution in [2.24, 2.45) is 0 Å². The van der Waals surface area contributed by atoms with Gasteiger partial charge in [0, 0.05) is 29.8 Å². The summed E-state index contributed by atoms with van der Waals surface area (Å²) in [7, 11) is 1.64. The molecule has 1 aliphatic heterocycles. The number of nitro benzene ring substituents is 1. The molecule has 0 spiro atoms. The number of benzene rings is 3. The van der Waals surface area contributed by atoms with E-state index in [9.17, 15) is 19.7 Å². The SMILES string of the molecule is CN1Sc2cc3ccccc3cc2C(C(=O)Nc2ccc([N+](=O)[O-])cc2)C1=O. The third kappa shape index (κ3) is 3.18. The number of nitro groups is 1. The molecule has 140 valence electrons. The van der Waals surface area contributed by atoms with Crippen LogP contribution in [0.25, 0.3) is 10.8 Å². The van der Waals surface area contributed by atoms with Crippen LogP contribution < -0.4 is 5.32 Å². The van der Waals surface area contributed by atoms with E-state index in [1.54, 1.807) is 7.05 Å². The van der Waals surface area contributed by atoms with Crippen molar-refractivity contribution in [2.45, 2.75) is 10.8 Å². The molecule has 0 fully saturated rings. The highest BCUT2D eigenvalue weighted by Crippen LogP contribution is 2.40. The minimum Gasteiger partial charge on any atom is -0.325 e. The summed E-state index contributed by atoms with van der Waals surface area (Å²) in [4.78, 5) is 36.8. The van der Waals surface area contributed by atoms with Crippen LogP contribution in [0.1, 0.15) is 11.5 Å². The smallest absolute Gasteiger partial charge is 0.269 e. The van der Waals surface area contributed by atoms with Crippen LogP contribution in [0.15, 0.2) is 65.6 Å². The lowest BCUT2D eigenvalue weighted by atomic mass is 9.94. The predicted octanol–water partition coefficient (Wildman–Crippen LogP) is 3.95. The van der Waals surface area contributed by atoms with Gasteiger partial charge in [0.15, 0.2) is 0 Å². The van der Waals surface area contributed by atoms with Crippen LogP contribution in [0.5, 0.6) is 0 Å². The number of rotatable bonds is 3. The van der Waals surface area contributed by atoms with Gasteiger partial charge in [0.25, 0.3) is 5.69 Å². The van der Waals surface area contributed by atoms with Gasteiger partial charge in [0.05, 0.1) is 4.92 Å². The van der Waals surface area contributed by atoms with Gasteiger partial charge in [-0.15, -0.1) is 0 Å². The summed E-state index contributed by atoms with van der Waals surface area (Å²) in [5.41, 5.74) is 0.984. The molecule has 0 saturated carbocycles. The summed E-state index contributed by atoms with van der Waals surface area (Å²) in [5, 5.41) is 15.5. The first-order valence-electron chi connectivity index (χ1n) is 8.47. The van der Waals surface area contributed by atoms with E-state index < -0.39 is 16.7 Å². The number of carbonyl (C=O) groups is 2. The minimum atomic E-state index is -0.985. The standard InChI is InChI=1S/C20H15N3O4S/c1-22-20(25)18(19(24)21-14-6-8-15(9-7-14)23(26)27)16-10-12-4-2-3-5-13(12)11-17(16)28-22/h2-11,18H,1H3,(H,21,24). The van der Waals surface area contributed by atoms with Crippen LogP contribution in [-0.4, -0.2) is 28.1 Å². The highest BCUT2D eigenvalue weighted by Gasteiger charge is 2.37. The summed E-state index contributed by atoms with van der Waals surface area (Å²) in [6, 6.07) is 17.1. The number of likely N-dealkylation sites (N-methyl/N-ethyl adjacent to an activating group) is 1. The Kier molecular flexibility index (Phi) is 4.48. The monoisotopic (exact) mass is 393 g/mol. The topological polar surface area (TPSA) is 92.6 Å². The molecule has 3 aromatic carbocycles. The summed E-state index contributed by atoms with van der Waals surface area (Å²) < 4.78 is 1.46. The van der Waals surface area contributed by atoms with E-state index in [-0.39, 0.29) is 11.6 Å². The second-order valence-corrected chi connectivity index (χ2v) is 7.56. The first kappa shape index (κ1) is 18.0. The van der Waals surface area contributed by atoms with Gasteiger partial charge in [0.1, 0.15) is 5.92 Å². The van der Waals surface area contributed by atoms with Crippen LogP contribution in [0.3, 0.4) is 0 Å². The normalized spacial score (nSPS) is 16.0. The number of anilines is 1. The van der Waals surface area contributed by atoms with Gasteiger partial charge in [0.2, 0.25) is 11.8 Å². The molecule has 1 N–H and O–H groups in total. The van der Waals surface area contributed by atoms with Crippen molar-refractivity contribution in [3.8, 4) is 0 Å². The molecule has 1 aliphatic rings. The Balaban J connectivity index is 1.69. The Morgan fingerprint density at radius 2 is 1.75 bits per heavy atom. The highest BCUT2D eigenvalue weighted by atomic mass is 32.2. The number of amides is 2. The molecule has 0 saturated heterocycles. The number of hydrogen-bond acceptors (Lipinski definition) is 5. The molecule has 0 bridgehead atoms. The van der Waals surface area contributed by atoms with E-state index in [0.29, 0.717) is 11.3 Å². The van der Waals surface area contributed by atoms with Crippen molar-refractivity contribution >= 4 is 45.9 Å². The van der Waals surface area contributed by atoms with Crippen LogP contribution in [0.2, 0.25) is 0 Å². The predicted molar refractivity (Wildman–Crippen MR) is 107 cm³/mol. The Morgan fingerprint density at radius 3 is 2.39 bits per heavy atom. The largest absolute Gasteiger partial charge is 0.325 e. The molecule has 1 heterocycles. The van der Waals surface area contributed by atoms with Crippen molar-refractivity contribution < 1.29 is 14.5 Å². The Hall–Kier alpha value is -3.39. The molecular formula is C20H15N3O4S. The number of fused-ring (bicyclic) bond motifs is 2. The quantitative estimate of drug-likeness (QED) is 0.315. The zero-order valence-electron chi connectivity index (χ0n) is 14.8. The first-order chi connectivity index (χ1) is 13.4. The number of nitrogens with one attached hydrogen (secondary N) is 1. The number of non-ortho nitro benzene ring substituents is 1. The van der Waals surface area contributed by atoms with E-state index in [1.165, 1.54) is 40.5 Å². The molecule has 3 aromatic rings. The van der Waals surface area contributed by atoms with Crippen LogP contribution in [-0.2, 0) is 9.59 Å². The van der Waals surface area contributed by atoms with E-state index in [2.05, 4.69) is 5.32 Å². The van der Waals surface area contributed by atoms with Crippen molar-refractivity contribution in [2.75, 3.05) is 12.4 Å². The average molecular weight is 393 g/mol. The van der Waals surface area contributed by atoms with Gasteiger partial charge < -0.3 is 5.32 Å². The molecule has 28 heavy (non-hydrogen) atoms. The lowest BCUT2D eigenvalue weighted by molar-refractivity contribution is -0.384. The average Bonchev–Trinajstić information content (AvgIpc) is 2.68. The van der Waals surface area contributed by atoms with Gasteiger partial charge in [-0.25, -0.2) is 0 Å². The van der Waals surface area contributed by atoms with Gasteiger partial charge in [-0.3, -0.25) is 24.0 Å². The Morgan fingerprint density at radius 1 is 1.11 bits per heavy atom. The second kappa shape index (κ2) is 6.97. The van der Waals surface area contributed by atoms with Gasteiger partial charge in [-0.1, -0.05) is 24.3 Å². The molecule has 1 unspecified atom stereocenters. The fraction of sp³-hybridized carbons (Fsp3) is 0.100. The van der Waals surface area contributed by atoms with E-state index in [1.807, 2.05) is 36.4 Å². The fourth-order valence-corrected chi connectivity index (χ4v) is 4.14. The van der Waals surface area contributed by atoms with Crippen molar-refractivity contribution in [1.82, 2.24) is 4.31 Å². The molecule has 0 radical (unpaired) electrons. The maximum atomic E-state index is 12.9. The zero-order valence-corrected chi connectivity index (χ0v) is 15.6. The second-order valence-electron chi connectivity index (χ2n) is 6.39. The maximum Gasteiger partial charge on any atom is 0.269 e. The molecule has 1 atom stereocenters. The molecular weight excluding hydrogens is 378 g/mol. The van der Waals surface area contributed by atoms with Crippen molar-refractivity contribution in [1.29, 1.82) is 0 Å². The lowest BCUT2D eigenvalue weighted by Gasteiger charge is -2.30. The molecule has 7 nitrogen and oxygen atoms in total. The molecule has 0 aromatic heterocycles. The molecule has 0 aliphatic carbocycles. The minimum absolute atomic E-state index is 0.0697. The molecule has 4 rings (SSSR count). The summed E-state index contributed by atoms with van der Waals surface area (Å²) >= 11 is 1.30. The van der Waals surface area contributed by atoms with E-state index >= 15 is 0 Å². The summed E-state index contributed by atoms with van der Waals surface area (Å²) in [5.74, 6) is -1.77. The molecule has 2 amide bonds. The number of hydrogen-bond donors (Lipinski definition) is 1. The Bertz CT molecular complexity index is 1110. The van der Waals surface area contributed by atoms with Crippen LogP contribution in [0, 0.1) is 10.1 Å². The summed E-state index contributed by atoms with van der Waals surface area (Å²) in [6.45, 7) is 0. The maximum absolute atomic E-state index is 12.9. The van der Waals surface area contributed by atoms with E-state index in [0.717, 1.165) is 15.7 Å². The fourth-order valence-electron chi connectivity index (χ4n) is 3.18. The van der Waals surface area contributed by atoms with Gasteiger partial charge in [-0.2, -0.15) is 0 Å². The van der Waals surface area contributed by atoms with Crippen LogP contribution >= 0.6 is 11.9 Å². The third-order valence-corrected chi connectivity index (χ3v) is 5.59. The first-order valence-corrected chi connectivity index (χ1v) is 9.25. The Labute approximate surface area is 164 Å². The zero-order chi connectivity index (χ0) is 19.8. The highest BCUT2D eigenvalue weighted by molar-refractivity contribution is 7.97. The van der Waals surface area contributed by atoms with Crippen molar-refractivity contribution in [3.05, 3.63) is 76.3 Å². The lowest BCUT2D eigenvalue weighted by Crippen LogP contribution is -2.37. The van der Waals surface area contributed by atoms with Gasteiger partial charge in [-0.05, 0) is 52.5 Å². The molecule has 8 heteroatoms.